The summed E-state index contributed by atoms with van der Waals surface area (Å²) in [5.74, 6) is 0.321. The van der Waals surface area contributed by atoms with Crippen LogP contribution in [0.25, 0.3) is 0 Å². The molecule has 1 atom stereocenters. The van der Waals surface area contributed by atoms with Crippen LogP contribution in [0.2, 0.25) is 5.02 Å². The molecule has 2 aliphatic rings. The molecule has 1 unspecified atom stereocenters. The number of rotatable bonds is 3. The lowest BCUT2D eigenvalue weighted by Crippen LogP contribution is -2.49. The van der Waals surface area contributed by atoms with E-state index in [4.69, 9.17) is 11.6 Å². The van der Waals surface area contributed by atoms with E-state index in [9.17, 15) is 18.0 Å². The van der Waals surface area contributed by atoms with E-state index < -0.39 is 11.7 Å². The summed E-state index contributed by atoms with van der Waals surface area (Å²) in [5.41, 5.74) is -0.860. The van der Waals surface area contributed by atoms with Crippen LogP contribution < -0.4 is 15.5 Å². The summed E-state index contributed by atoms with van der Waals surface area (Å²) in [7, 11) is 0. The Labute approximate surface area is 155 Å². The SMILES string of the molecule is O=C(NC1CCCNC1)C1CCN(c2ncc(C(F)(F)F)cc2Cl)CC1. The largest absolute Gasteiger partial charge is 0.417 e. The molecule has 2 aliphatic heterocycles. The maximum Gasteiger partial charge on any atom is 0.417 e. The van der Waals surface area contributed by atoms with Crippen LogP contribution in [0.3, 0.4) is 0 Å². The van der Waals surface area contributed by atoms with Gasteiger partial charge in [-0.15, -0.1) is 0 Å². The minimum absolute atomic E-state index is 0.0176. The fraction of sp³-hybridized carbons (Fsp3) is 0.647. The standard InChI is InChI=1S/C17H22ClF3N4O/c18-14-8-12(17(19,20)21)9-23-15(14)25-6-3-11(4-7-25)16(26)24-13-2-1-5-22-10-13/h8-9,11,13,22H,1-7,10H2,(H,24,26). The molecule has 1 aromatic rings. The molecule has 0 aromatic carbocycles. The van der Waals surface area contributed by atoms with Crippen LogP contribution in [0.1, 0.15) is 31.2 Å². The summed E-state index contributed by atoms with van der Waals surface area (Å²) in [6.45, 7) is 2.87. The molecule has 1 aromatic heterocycles. The molecule has 0 radical (unpaired) electrons. The third-order valence-corrected chi connectivity index (χ3v) is 5.24. The van der Waals surface area contributed by atoms with Gasteiger partial charge in [-0.25, -0.2) is 4.98 Å². The van der Waals surface area contributed by atoms with E-state index in [1.54, 1.807) is 0 Å². The highest BCUT2D eigenvalue weighted by molar-refractivity contribution is 6.33. The minimum Gasteiger partial charge on any atom is -0.355 e. The van der Waals surface area contributed by atoms with Gasteiger partial charge in [-0.3, -0.25) is 4.79 Å². The average Bonchev–Trinajstić information content (AvgIpc) is 2.62. The maximum absolute atomic E-state index is 12.7. The molecule has 9 heteroatoms. The molecule has 0 aliphatic carbocycles. The van der Waals surface area contributed by atoms with Crippen molar-refractivity contribution in [2.75, 3.05) is 31.1 Å². The fourth-order valence-corrected chi connectivity index (χ4v) is 3.75. The number of hydrogen-bond acceptors (Lipinski definition) is 4. The second-order valence-corrected chi connectivity index (χ2v) is 7.25. The van der Waals surface area contributed by atoms with Crippen molar-refractivity contribution >= 4 is 23.3 Å². The Balaban J connectivity index is 1.55. The highest BCUT2D eigenvalue weighted by atomic mass is 35.5. The van der Waals surface area contributed by atoms with Crippen molar-refractivity contribution in [1.82, 2.24) is 15.6 Å². The Bertz CT molecular complexity index is 641. The Morgan fingerprint density at radius 2 is 2.04 bits per heavy atom. The van der Waals surface area contributed by atoms with E-state index in [1.807, 2.05) is 4.90 Å². The first-order valence-electron chi connectivity index (χ1n) is 8.83. The van der Waals surface area contributed by atoms with Crippen molar-refractivity contribution in [1.29, 1.82) is 0 Å². The predicted octanol–water partition coefficient (Wildman–Crippen LogP) is 2.84. The Morgan fingerprint density at radius 3 is 2.62 bits per heavy atom. The number of nitrogens with one attached hydrogen (secondary N) is 2. The molecule has 0 bridgehead atoms. The van der Waals surface area contributed by atoms with Crippen LogP contribution >= 0.6 is 11.6 Å². The lowest BCUT2D eigenvalue weighted by Gasteiger charge is -2.34. The topological polar surface area (TPSA) is 57.3 Å². The molecule has 1 amide bonds. The smallest absolute Gasteiger partial charge is 0.355 e. The van der Waals surface area contributed by atoms with Gasteiger partial charge in [-0.2, -0.15) is 13.2 Å². The number of amides is 1. The summed E-state index contributed by atoms with van der Waals surface area (Å²) >= 11 is 6.01. The predicted molar refractivity (Wildman–Crippen MR) is 93.2 cm³/mol. The number of carbonyl (C=O) groups excluding carboxylic acids is 1. The number of alkyl halides is 3. The molecule has 2 N–H and O–H groups in total. The number of carbonyl (C=O) groups is 1. The normalized spacial score (nSPS) is 22.3. The van der Waals surface area contributed by atoms with Crippen LogP contribution in [0.4, 0.5) is 19.0 Å². The third kappa shape index (κ3) is 4.59. The fourth-order valence-electron chi connectivity index (χ4n) is 3.47. The van der Waals surface area contributed by atoms with E-state index in [-0.39, 0.29) is 22.9 Å². The van der Waals surface area contributed by atoms with Gasteiger partial charge in [0.1, 0.15) is 5.82 Å². The van der Waals surface area contributed by atoms with E-state index in [0.29, 0.717) is 31.7 Å². The summed E-state index contributed by atoms with van der Waals surface area (Å²) < 4.78 is 38.1. The summed E-state index contributed by atoms with van der Waals surface area (Å²) in [6.07, 6.45) is -0.357. The number of halogens is 4. The number of pyridine rings is 1. The van der Waals surface area contributed by atoms with E-state index in [1.165, 1.54) is 0 Å². The third-order valence-electron chi connectivity index (χ3n) is 4.96. The van der Waals surface area contributed by atoms with Gasteiger partial charge in [0.25, 0.3) is 0 Å². The molecule has 26 heavy (non-hydrogen) atoms. The number of nitrogens with zero attached hydrogens (tertiary/aromatic N) is 2. The molecule has 5 nitrogen and oxygen atoms in total. The molecule has 2 fully saturated rings. The van der Waals surface area contributed by atoms with Crippen LogP contribution in [-0.2, 0) is 11.0 Å². The molecule has 2 saturated heterocycles. The first-order chi connectivity index (χ1) is 12.3. The molecule has 3 rings (SSSR count). The minimum atomic E-state index is -4.46. The Hall–Kier alpha value is -1.54. The first kappa shape index (κ1) is 19.2. The summed E-state index contributed by atoms with van der Waals surface area (Å²) in [4.78, 5) is 18.1. The van der Waals surface area contributed by atoms with Crippen LogP contribution in [0.15, 0.2) is 12.3 Å². The van der Waals surface area contributed by atoms with E-state index >= 15 is 0 Å². The van der Waals surface area contributed by atoms with Gasteiger partial charge in [-0.1, -0.05) is 11.6 Å². The lowest BCUT2D eigenvalue weighted by atomic mass is 9.95. The number of anilines is 1. The second-order valence-electron chi connectivity index (χ2n) is 6.84. The second kappa shape index (κ2) is 8.00. The van der Waals surface area contributed by atoms with Crippen LogP contribution in [0, 0.1) is 5.92 Å². The first-order valence-corrected chi connectivity index (χ1v) is 9.21. The van der Waals surface area contributed by atoms with E-state index in [0.717, 1.165) is 38.2 Å². The van der Waals surface area contributed by atoms with Crippen LogP contribution in [-0.4, -0.2) is 43.1 Å². The van der Waals surface area contributed by atoms with Crippen molar-refractivity contribution in [3.63, 3.8) is 0 Å². The monoisotopic (exact) mass is 390 g/mol. The Kier molecular flexibility index (Phi) is 5.92. The van der Waals surface area contributed by atoms with Crippen molar-refractivity contribution in [3.8, 4) is 0 Å². The van der Waals surface area contributed by atoms with Crippen LogP contribution in [0.5, 0.6) is 0 Å². The molecular formula is C17H22ClF3N4O. The highest BCUT2D eigenvalue weighted by Crippen LogP contribution is 2.34. The summed E-state index contributed by atoms with van der Waals surface area (Å²) in [6, 6.07) is 1.08. The molecule has 0 spiro atoms. The number of hydrogen-bond donors (Lipinski definition) is 2. The van der Waals surface area contributed by atoms with Gasteiger partial charge in [0, 0.05) is 37.8 Å². The average molecular weight is 391 g/mol. The van der Waals surface area contributed by atoms with Gasteiger partial charge in [0.15, 0.2) is 0 Å². The zero-order valence-corrected chi connectivity index (χ0v) is 15.0. The molecule has 0 saturated carbocycles. The van der Waals surface area contributed by atoms with E-state index in [2.05, 4.69) is 15.6 Å². The zero-order valence-electron chi connectivity index (χ0n) is 14.3. The maximum atomic E-state index is 12.7. The van der Waals surface area contributed by atoms with Gasteiger partial charge < -0.3 is 15.5 Å². The number of piperidine rings is 2. The van der Waals surface area contributed by atoms with Crippen molar-refractivity contribution in [2.45, 2.75) is 37.9 Å². The van der Waals surface area contributed by atoms with Gasteiger partial charge in [-0.05, 0) is 38.3 Å². The quantitative estimate of drug-likeness (QED) is 0.833. The van der Waals surface area contributed by atoms with Gasteiger partial charge >= 0.3 is 6.18 Å². The zero-order chi connectivity index (χ0) is 18.7. The molecule has 144 valence electrons. The van der Waals surface area contributed by atoms with Gasteiger partial charge in [0.2, 0.25) is 5.91 Å². The number of aromatic nitrogens is 1. The van der Waals surface area contributed by atoms with Crippen molar-refractivity contribution < 1.29 is 18.0 Å². The lowest BCUT2D eigenvalue weighted by molar-refractivity contribution is -0.137. The Morgan fingerprint density at radius 1 is 1.31 bits per heavy atom. The van der Waals surface area contributed by atoms with Crippen molar-refractivity contribution in [2.24, 2.45) is 5.92 Å². The molecule has 3 heterocycles. The summed E-state index contributed by atoms with van der Waals surface area (Å²) in [5, 5.41) is 6.34. The molecular weight excluding hydrogens is 369 g/mol. The van der Waals surface area contributed by atoms with Gasteiger partial charge in [0.05, 0.1) is 10.6 Å². The highest BCUT2D eigenvalue weighted by Gasteiger charge is 2.33. The van der Waals surface area contributed by atoms with Crippen molar-refractivity contribution in [3.05, 3.63) is 22.8 Å².